The maximum atomic E-state index is 4.76. The number of aryl methyl sites for hydroxylation is 1. The van der Waals surface area contributed by atoms with Gasteiger partial charge in [-0.1, -0.05) is 33.8 Å². The zero-order valence-electron chi connectivity index (χ0n) is 17.3. The van der Waals surface area contributed by atoms with Crippen molar-refractivity contribution in [2.24, 2.45) is 0 Å². The number of hydrogen-bond donors (Lipinski definition) is 2. The van der Waals surface area contributed by atoms with Gasteiger partial charge in [0.25, 0.3) is 0 Å². The van der Waals surface area contributed by atoms with Crippen molar-refractivity contribution in [3.05, 3.63) is 42.0 Å². The van der Waals surface area contributed by atoms with E-state index < -0.39 is 0 Å². The van der Waals surface area contributed by atoms with Crippen molar-refractivity contribution in [2.75, 3.05) is 17.2 Å². The third-order valence-corrected chi connectivity index (χ3v) is 4.90. The van der Waals surface area contributed by atoms with E-state index in [1.54, 1.807) is 0 Å². The molecule has 3 rings (SSSR count). The fourth-order valence-electron chi connectivity index (χ4n) is 3.20. The van der Waals surface area contributed by atoms with Gasteiger partial charge in [0.05, 0.1) is 5.69 Å². The Balaban J connectivity index is 1.78. The molecular weight excluding hydrogens is 350 g/mol. The second kappa shape index (κ2) is 9.48. The molecule has 0 aliphatic heterocycles. The van der Waals surface area contributed by atoms with Crippen LogP contribution in [-0.2, 0) is 6.42 Å². The molecule has 0 saturated heterocycles. The lowest BCUT2D eigenvalue weighted by Gasteiger charge is -2.17. The zero-order valence-corrected chi connectivity index (χ0v) is 17.3. The molecule has 3 aromatic rings. The average molecular weight is 382 g/mol. The largest absolute Gasteiger partial charge is 0.382 e. The van der Waals surface area contributed by atoms with Crippen molar-refractivity contribution in [3.8, 4) is 0 Å². The Hall–Kier alpha value is -2.70. The molecule has 2 N–H and O–H groups in total. The highest BCUT2D eigenvalue weighted by atomic mass is 15.4. The van der Waals surface area contributed by atoms with Gasteiger partial charge in [0.1, 0.15) is 5.82 Å². The molecule has 0 aliphatic rings. The van der Waals surface area contributed by atoms with E-state index in [-0.39, 0.29) is 5.92 Å². The Labute approximate surface area is 167 Å². The van der Waals surface area contributed by atoms with E-state index in [0.717, 1.165) is 60.9 Å². The van der Waals surface area contributed by atoms with Gasteiger partial charge in [-0.05, 0) is 37.8 Å². The summed E-state index contributed by atoms with van der Waals surface area (Å²) >= 11 is 0. The predicted octanol–water partition coefficient (Wildman–Crippen LogP) is 4.29. The molecule has 7 nitrogen and oxygen atoms in total. The summed E-state index contributed by atoms with van der Waals surface area (Å²) < 4.78 is 1.87. The number of anilines is 2. The topological polar surface area (TPSA) is 80.0 Å². The van der Waals surface area contributed by atoms with Crippen LogP contribution in [0.4, 0.5) is 11.5 Å². The molecule has 0 spiro atoms. The third-order valence-electron chi connectivity index (χ3n) is 4.90. The van der Waals surface area contributed by atoms with Crippen molar-refractivity contribution >= 4 is 17.2 Å². The average Bonchev–Trinajstić information content (AvgIpc) is 3.14. The first-order valence-corrected chi connectivity index (χ1v) is 10.3. The summed E-state index contributed by atoms with van der Waals surface area (Å²) in [6.45, 7) is 9.44. The second-order valence-electron chi connectivity index (χ2n) is 7.40. The Bertz CT molecular complexity index is 869. The SMILES string of the molecule is CCC(CC)Nc1cc(NCCCc2ccccn2)c2nnc(C(C)C)n2n1. The number of aromatic nitrogens is 5. The predicted molar refractivity (Wildman–Crippen MR) is 114 cm³/mol. The molecule has 0 amide bonds. The lowest BCUT2D eigenvalue weighted by molar-refractivity contribution is 0.661. The molecule has 0 bridgehead atoms. The number of hydrogen-bond acceptors (Lipinski definition) is 6. The smallest absolute Gasteiger partial charge is 0.201 e. The van der Waals surface area contributed by atoms with Gasteiger partial charge >= 0.3 is 0 Å². The summed E-state index contributed by atoms with van der Waals surface area (Å²) in [5.74, 6) is 1.98. The van der Waals surface area contributed by atoms with Crippen LogP contribution in [0.3, 0.4) is 0 Å². The summed E-state index contributed by atoms with van der Waals surface area (Å²) in [6, 6.07) is 8.49. The van der Waals surface area contributed by atoms with Gasteiger partial charge in [0.2, 0.25) is 5.65 Å². The van der Waals surface area contributed by atoms with E-state index >= 15 is 0 Å². The normalized spacial score (nSPS) is 11.5. The van der Waals surface area contributed by atoms with Crippen LogP contribution in [0.2, 0.25) is 0 Å². The molecule has 28 heavy (non-hydrogen) atoms. The molecule has 0 unspecified atom stereocenters. The van der Waals surface area contributed by atoms with E-state index in [9.17, 15) is 0 Å². The quantitative estimate of drug-likeness (QED) is 0.510. The van der Waals surface area contributed by atoms with E-state index in [1.165, 1.54) is 0 Å². The summed E-state index contributed by atoms with van der Waals surface area (Å²) in [7, 11) is 0. The number of pyridine rings is 1. The van der Waals surface area contributed by atoms with Gasteiger partial charge in [-0.25, -0.2) is 0 Å². The first-order valence-electron chi connectivity index (χ1n) is 10.3. The Morgan fingerprint density at radius 3 is 2.61 bits per heavy atom. The van der Waals surface area contributed by atoms with Gasteiger partial charge in [0, 0.05) is 36.5 Å². The Morgan fingerprint density at radius 2 is 1.93 bits per heavy atom. The zero-order chi connectivity index (χ0) is 19.9. The molecule has 150 valence electrons. The summed E-state index contributed by atoms with van der Waals surface area (Å²) in [5, 5.41) is 20.6. The van der Waals surface area contributed by atoms with E-state index in [2.05, 4.69) is 59.6 Å². The molecule has 0 aromatic carbocycles. The molecule has 3 heterocycles. The second-order valence-corrected chi connectivity index (χ2v) is 7.40. The fourth-order valence-corrected chi connectivity index (χ4v) is 3.20. The first-order chi connectivity index (χ1) is 13.6. The molecule has 7 heteroatoms. The molecular formula is C21H31N7. The van der Waals surface area contributed by atoms with Crippen LogP contribution in [0, 0.1) is 0 Å². The lowest BCUT2D eigenvalue weighted by Crippen LogP contribution is -2.19. The van der Waals surface area contributed by atoms with Crippen molar-refractivity contribution in [1.29, 1.82) is 0 Å². The highest BCUT2D eigenvalue weighted by molar-refractivity contribution is 5.70. The summed E-state index contributed by atoms with van der Waals surface area (Å²) in [4.78, 5) is 4.39. The number of fused-ring (bicyclic) bond motifs is 1. The third kappa shape index (κ3) is 4.77. The molecule has 0 atom stereocenters. The van der Waals surface area contributed by atoms with Gasteiger partial charge in [-0.3, -0.25) is 4.98 Å². The monoisotopic (exact) mass is 381 g/mol. The van der Waals surface area contributed by atoms with Gasteiger partial charge < -0.3 is 10.6 Å². The van der Waals surface area contributed by atoms with Crippen LogP contribution in [0.25, 0.3) is 5.65 Å². The van der Waals surface area contributed by atoms with Crippen molar-refractivity contribution < 1.29 is 0 Å². The highest BCUT2D eigenvalue weighted by Crippen LogP contribution is 2.23. The minimum Gasteiger partial charge on any atom is -0.382 e. The van der Waals surface area contributed by atoms with Crippen molar-refractivity contribution in [3.63, 3.8) is 0 Å². The highest BCUT2D eigenvalue weighted by Gasteiger charge is 2.16. The fraction of sp³-hybridized carbons (Fsp3) is 0.524. The van der Waals surface area contributed by atoms with Crippen LogP contribution in [-0.4, -0.2) is 37.4 Å². The van der Waals surface area contributed by atoms with Gasteiger partial charge in [0.15, 0.2) is 5.82 Å². The number of nitrogens with one attached hydrogen (secondary N) is 2. The van der Waals surface area contributed by atoms with E-state index in [1.807, 2.05) is 28.9 Å². The summed E-state index contributed by atoms with van der Waals surface area (Å²) in [6.07, 6.45) is 5.89. The van der Waals surface area contributed by atoms with Gasteiger partial charge in [-0.2, -0.15) is 4.52 Å². The molecule has 3 aromatic heterocycles. The van der Waals surface area contributed by atoms with E-state index in [0.29, 0.717) is 6.04 Å². The van der Waals surface area contributed by atoms with Crippen molar-refractivity contribution in [1.82, 2.24) is 24.8 Å². The number of rotatable bonds is 10. The minimum atomic E-state index is 0.253. The maximum Gasteiger partial charge on any atom is 0.201 e. The Kier molecular flexibility index (Phi) is 6.79. The minimum absolute atomic E-state index is 0.253. The lowest BCUT2D eigenvalue weighted by atomic mass is 10.2. The van der Waals surface area contributed by atoms with Crippen LogP contribution in [0.1, 0.15) is 64.4 Å². The molecule has 0 fully saturated rings. The Morgan fingerprint density at radius 1 is 1.11 bits per heavy atom. The first kappa shape index (κ1) is 20.0. The number of nitrogens with zero attached hydrogens (tertiary/aromatic N) is 5. The van der Waals surface area contributed by atoms with Gasteiger partial charge in [-0.15, -0.1) is 15.3 Å². The molecule has 0 aliphatic carbocycles. The van der Waals surface area contributed by atoms with Crippen LogP contribution >= 0.6 is 0 Å². The standard InChI is InChI=1S/C21H31N7/c1-5-16(6-2)24-19-14-18(21-26-25-20(15(3)4)28(21)27-19)23-13-9-11-17-10-7-8-12-22-17/h7-8,10,12,14-16,23H,5-6,9,11,13H2,1-4H3,(H,24,27). The van der Waals surface area contributed by atoms with Crippen LogP contribution < -0.4 is 10.6 Å². The van der Waals surface area contributed by atoms with Crippen LogP contribution in [0.5, 0.6) is 0 Å². The van der Waals surface area contributed by atoms with E-state index in [4.69, 9.17) is 5.10 Å². The maximum absolute atomic E-state index is 4.76. The summed E-state index contributed by atoms with van der Waals surface area (Å²) in [5.41, 5.74) is 2.85. The van der Waals surface area contributed by atoms with Crippen molar-refractivity contribution in [2.45, 2.75) is 65.3 Å². The van der Waals surface area contributed by atoms with Crippen LogP contribution in [0.15, 0.2) is 30.5 Å². The molecule has 0 radical (unpaired) electrons. The molecule has 0 saturated carbocycles.